The Morgan fingerprint density at radius 1 is 0.966 bits per heavy atom. The number of anilines is 1. The van der Waals surface area contributed by atoms with Crippen molar-refractivity contribution in [2.75, 3.05) is 5.32 Å². The number of benzene rings is 2. The molecule has 1 heterocycles. The average Bonchev–Trinajstić information content (AvgIpc) is 3.18. The van der Waals surface area contributed by atoms with Gasteiger partial charge in [-0.25, -0.2) is 0 Å². The molecule has 2 N–H and O–H groups in total. The molecule has 0 aliphatic heterocycles. The van der Waals surface area contributed by atoms with E-state index < -0.39 is 15.8 Å². The van der Waals surface area contributed by atoms with Crippen LogP contribution < -0.4 is 10.6 Å². The molecule has 10 nitrogen and oxygen atoms in total. The lowest BCUT2D eigenvalue weighted by molar-refractivity contribution is -0.384. The molecular weight excluding hydrogens is 400 g/mol. The summed E-state index contributed by atoms with van der Waals surface area (Å²) in [5.41, 5.74) is 0.244. The van der Waals surface area contributed by atoms with E-state index in [1.807, 2.05) is 0 Å². The number of rotatable bonds is 5. The van der Waals surface area contributed by atoms with E-state index in [4.69, 9.17) is 16.6 Å². The highest BCUT2D eigenvalue weighted by Crippen LogP contribution is 2.26. The first-order valence-corrected chi connectivity index (χ1v) is 8.46. The van der Waals surface area contributed by atoms with Gasteiger partial charge in [-0.2, -0.15) is 0 Å². The van der Waals surface area contributed by atoms with Crippen molar-refractivity contribution in [3.63, 3.8) is 0 Å². The SMILES string of the molecule is O=C(NC(=S)Nc1ccccc1[N+](=O)[O-])c1ccc(-c2cccc([N+](=O)[O-])c2)o1. The van der Waals surface area contributed by atoms with Crippen LogP contribution in [0.25, 0.3) is 11.3 Å². The number of non-ortho nitro benzene ring substituents is 1. The van der Waals surface area contributed by atoms with Crippen LogP contribution in [0.2, 0.25) is 0 Å². The Hall–Kier alpha value is -4.12. The summed E-state index contributed by atoms with van der Waals surface area (Å²) in [5, 5.41) is 26.7. The predicted molar refractivity (Wildman–Crippen MR) is 108 cm³/mol. The van der Waals surface area contributed by atoms with Crippen LogP contribution in [0.5, 0.6) is 0 Å². The Kier molecular flexibility index (Phi) is 5.60. The molecule has 0 aliphatic rings. The number of carbonyl (C=O) groups excluding carboxylic acids is 1. The van der Waals surface area contributed by atoms with Gasteiger partial charge in [-0.05, 0) is 30.4 Å². The maximum Gasteiger partial charge on any atom is 0.293 e. The van der Waals surface area contributed by atoms with E-state index in [-0.39, 0.29) is 33.7 Å². The summed E-state index contributed by atoms with van der Waals surface area (Å²) >= 11 is 5.02. The lowest BCUT2D eigenvalue weighted by Gasteiger charge is -2.08. The van der Waals surface area contributed by atoms with Gasteiger partial charge in [-0.15, -0.1) is 0 Å². The molecule has 1 aromatic heterocycles. The molecule has 29 heavy (non-hydrogen) atoms. The van der Waals surface area contributed by atoms with Gasteiger partial charge >= 0.3 is 0 Å². The molecule has 0 radical (unpaired) electrons. The van der Waals surface area contributed by atoms with Crippen molar-refractivity contribution in [2.45, 2.75) is 0 Å². The van der Waals surface area contributed by atoms with Crippen LogP contribution in [0.1, 0.15) is 10.6 Å². The molecule has 1 amide bonds. The summed E-state index contributed by atoms with van der Waals surface area (Å²) < 4.78 is 5.45. The van der Waals surface area contributed by atoms with E-state index in [9.17, 15) is 25.0 Å². The van der Waals surface area contributed by atoms with Gasteiger partial charge in [-0.1, -0.05) is 24.3 Å². The van der Waals surface area contributed by atoms with E-state index in [1.165, 1.54) is 48.5 Å². The van der Waals surface area contributed by atoms with Gasteiger partial charge in [-0.3, -0.25) is 30.3 Å². The highest BCUT2D eigenvalue weighted by Gasteiger charge is 2.17. The Balaban J connectivity index is 1.71. The summed E-state index contributed by atoms with van der Waals surface area (Å²) in [5.74, 6) is -0.507. The number of amides is 1. The molecule has 0 aliphatic carbocycles. The van der Waals surface area contributed by atoms with E-state index in [0.717, 1.165) is 0 Å². The largest absolute Gasteiger partial charge is 0.451 e. The molecule has 2 aromatic carbocycles. The first-order chi connectivity index (χ1) is 13.8. The molecule has 0 spiro atoms. The van der Waals surface area contributed by atoms with E-state index >= 15 is 0 Å². The summed E-state index contributed by atoms with van der Waals surface area (Å²) in [6.45, 7) is 0. The number of hydrogen-bond acceptors (Lipinski definition) is 7. The maximum atomic E-state index is 12.3. The van der Waals surface area contributed by atoms with Crippen molar-refractivity contribution >= 4 is 40.3 Å². The molecule has 0 unspecified atom stereocenters. The van der Waals surface area contributed by atoms with Gasteiger partial charge in [0.1, 0.15) is 11.4 Å². The Bertz CT molecular complexity index is 1130. The first-order valence-electron chi connectivity index (χ1n) is 8.05. The Labute approximate surface area is 168 Å². The molecule has 3 aromatic rings. The van der Waals surface area contributed by atoms with Gasteiger partial charge in [0.2, 0.25) is 0 Å². The lowest BCUT2D eigenvalue weighted by Crippen LogP contribution is -2.34. The number of nitro groups is 2. The van der Waals surface area contributed by atoms with Crippen molar-refractivity contribution in [2.24, 2.45) is 0 Å². The molecule has 0 fully saturated rings. The van der Waals surface area contributed by atoms with Gasteiger partial charge in [0.25, 0.3) is 17.3 Å². The molecule has 0 bridgehead atoms. The van der Waals surface area contributed by atoms with Crippen molar-refractivity contribution in [1.82, 2.24) is 5.32 Å². The molecule has 3 rings (SSSR count). The lowest BCUT2D eigenvalue weighted by atomic mass is 10.1. The minimum Gasteiger partial charge on any atom is -0.451 e. The predicted octanol–water partition coefficient (Wildman–Crippen LogP) is 3.89. The zero-order valence-corrected chi connectivity index (χ0v) is 15.3. The number of nitrogens with one attached hydrogen (secondary N) is 2. The van der Waals surface area contributed by atoms with E-state index in [2.05, 4.69) is 10.6 Å². The third-order valence-electron chi connectivity index (χ3n) is 3.75. The van der Waals surface area contributed by atoms with Gasteiger partial charge in [0.15, 0.2) is 10.9 Å². The standard InChI is InChI=1S/C18H12N4O6S/c23-17(20-18(29)19-13-6-1-2-7-14(13)22(26)27)16-9-8-15(28-16)11-4-3-5-12(10-11)21(24)25/h1-10H,(H2,19,20,23,29). The third-order valence-corrected chi connectivity index (χ3v) is 3.95. The van der Waals surface area contributed by atoms with Gasteiger partial charge < -0.3 is 9.73 Å². The van der Waals surface area contributed by atoms with Crippen LogP contribution in [-0.4, -0.2) is 20.9 Å². The smallest absolute Gasteiger partial charge is 0.293 e. The van der Waals surface area contributed by atoms with E-state index in [1.54, 1.807) is 12.1 Å². The fraction of sp³-hybridized carbons (Fsp3) is 0. The molecule has 0 saturated carbocycles. The fourth-order valence-corrected chi connectivity index (χ4v) is 2.65. The number of thiocarbonyl (C=S) groups is 1. The number of carbonyl (C=O) groups is 1. The quantitative estimate of drug-likeness (QED) is 0.365. The number of nitro benzene ring substituents is 2. The zero-order valence-electron chi connectivity index (χ0n) is 14.5. The van der Waals surface area contributed by atoms with E-state index in [0.29, 0.717) is 5.56 Å². The summed E-state index contributed by atoms with van der Waals surface area (Å²) in [4.78, 5) is 33.1. The normalized spacial score (nSPS) is 10.2. The summed E-state index contributed by atoms with van der Waals surface area (Å²) in [6, 6.07) is 14.5. The topological polar surface area (TPSA) is 141 Å². The van der Waals surface area contributed by atoms with Crippen LogP contribution in [0.4, 0.5) is 17.1 Å². The van der Waals surface area contributed by atoms with Crippen molar-refractivity contribution in [3.8, 4) is 11.3 Å². The highest BCUT2D eigenvalue weighted by atomic mass is 32.1. The second-order valence-electron chi connectivity index (χ2n) is 5.65. The number of furan rings is 1. The van der Waals surface area contributed by atoms with Crippen molar-refractivity contribution in [3.05, 3.63) is 86.7 Å². The summed E-state index contributed by atoms with van der Waals surface area (Å²) in [7, 11) is 0. The first kappa shape index (κ1) is 19.6. The summed E-state index contributed by atoms with van der Waals surface area (Å²) in [6.07, 6.45) is 0. The van der Waals surface area contributed by atoms with Gasteiger partial charge in [0.05, 0.1) is 9.85 Å². The third kappa shape index (κ3) is 4.59. The van der Waals surface area contributed by atoms with Crippen molar-refractivity contribution in [1.29, 1.82) is 0 Å². The second kappa shape index (κ2) is 8.27. The molecule has 0 saturated heterocycles. The number of para-hydroxylation sites is 2. The van der Waals surface area contributed by atoms with Crippen LogP contribution in [-0.2, 0) is 0 Å². The zero-order chi connectivity index (χ0) is 21.0. The minimum absolute atomic E-state index is 0.0850. The number of nitrogens with zero attached hydrogens (tertiary/aromatic N) is 2. The van der Waals surface area contributed by atoms with Crippen LogP contribution in [0.3, 0.4) is 0 Å². The Morgan fingerprint density at radius 2 is 1.72 bits per heavy atom. The fourth-order valence-electron chi connectivity index (χ4n) is 2.44. The van der Waals surface area contributed by atoms with Crippen LogP contribution in [0.15, 0.2) is 65.1 Å². The minimum atomic E-state index is -0.683. The highest BCUT2D eigenvalue weighted by molar-refractivity contribution is 7.80. The molecular formula is C18H12N4O6S. The Morgan fingerprint density at radius 3 is 2.45 bits per heavy atom. The van der Waals surface area contributed by atoms with Gasteiger partial charge in [0, 0.05) is 23.8 Å². The maximum absolute atomic E-state index is 12.3. The molecule has 0 atom stereocenters. The molecule has 146 valence electrons. The van der Waals surface area contributed by atoms with Crippen LogP contribution in [0, 0.1) is 20.2 Å². The molecule has 11 heteroatoms. The average molecular weight is 412 g/mol. The van der Waals surface area contributed by atoms with Crippen LogP contribution >= 0.6 is 12.2 Å². The second-order valence-corrected chi connectivity index (χ2v) is 6.06. The monoisotopic (exact) mass is 412 g/mol. The number of hydrogen-bond donors (Lipinski definition) is 2. The van der Waals surface area contributed by atoms with Crippen molar-refractivity contribution < 1.29 is 19.1 Å².